The molecule has 0 aliphatic carbocycles. The topological polar surface area (TPSA) is 13.6 Å². The van der Waals surface area contributed by atoms with Crippen molar-refractivity contribution in [2.24, 2.45) is 0 Å². The van der Waals surface area contributed by atoms with Crippen molar-refractivity contribution in [3.63, 3.8) is 0 Å². The molecule has 5 heteroatoms. The maximum Gasteiger partial charge on any atom is 0.418 e. The highest BCUT2D eigenvalue weighted by molar-refractivity contribution is 5.56. The average molecular weight is 229 g/mol. The van der Waals surface area contributed by atoms with E-state index in [0.717, 1.165) is 6.07 Å². The molecule has 0 unspecified atom stereocenters. The lowest BCUT2D eigenvalue weighted by Crippen LogP contribution is -2.06. The lowest BCUT2D eigenvalue weighted by atomic mass is 10.2. The van der Waals surface area contributed by atoms with Crippen LogP contribution in [0.3, 0.4) is 0 Å². The highest BCUT2D eigenvalue weighted by Crippen LogP contribution is 2.35. The molecule has 2 nitrogen and oxygen atoms in total. The Labute approximate surface area is 90.3 Å². The molecule has 86 valence electrons. The van der Waals surface area contributed by atoms with Gasteiger partial charge in [-0.05, 0) is 25.1 Å². The number of fused-ring (bicyclic) bond motifs is 1. The zero-order chi connectivity index (χ0) is 11.9. The molecule has 0 N–H and O–H groups in total. The number of ether oxygens (including phenoxy) is 1. The van der Waals surface area contributed by atoms with E-state index in [-0.39, 0.29) is 5.69 Å². The average Bonchev–Trinajstić information content (AvgIpc) is 2.56. The van der Waals surface area contributed by atoms with Crippen molar-refractivity contribution in [3.8, 4) is 5.88 Å². The number of hydrogen-bond donors (Lipinski definition) is 0. The van der Waals surface area contributed by atoms with E-state index in [1.165, 1.54) is 18.4 Å². The molecule has 2 aromatic rings. The first-order valence-electron chi connectivity index (χ1n) is 4.67. The van der Waals surface area contributed by atoms with Gasteiger partial charge in [0.15, 0.2) is 5.88 Å². The third kappa shape index (κ3) is 1.52. The number of alkyl halides is 3. The molecule has 0 radical (unpaired) electrons. The Morgan fingerprint density at radius 3 is 2.50 bits per heavy atom. The molecule has 0 aromatic carbocycles. The third-order valence-corrected chi connectivity index (χ3v) is 2.52. The number of aromatic nitrogens is 1. The van der Waals surface area contributed by atoms with Gasteiger partial charge in [0.2, 0.25) is 0 Å². The standard InChI is InChI=1S/C11H10F3NO/c1-7-9(11(12,13)14)6-8-4-3-5-10(16-2)15(7)8/h3-6H,1-2H3. The molecule has 0 aliphatic heterocycles. The van der Waals surface area contributed by atoms with E-state index in [2.05, 4.69) is 0 Å². The van der Waals surface area contributed by atoms with Crippen LogP contribution >= 0.6 is 0 Å². The fraction of sp³-hybridized carbons (Fsp3) is 0.273. The zero-order valence-electron chi connectivity index (χ0n) is 8.80. The van der Waals surface area contributed by atoms with Gasteiger partial charge in [-0.1, -0.05) is 6.07 Å². The van der Waals surface area contributed by atoms with Gasteiger partial charge in [-0.25, -0.2) is 0 Å². The van der Waals surface area contributed by atoms with Crippen LogP contribution in [-0.4, -0.2) is 11.5 Å². The summed E-state index contributed by atoms with van der Waals surface area (Å²) >= 11 is 0. The molecule has 2 rings (SSSR count). The minimum atomic E-state index is -4.33. The van der Waals surface area contributed by atoms with Gasteiger partial charge in [-0.3, -0.25) is 4.40 Å². The number of pyridine rings is 1. The SMILES string of the molecule is COc1cccc2cc(C(F)(F)F)c(C)n12. The van der Waals surface area contributed by atoms with Gasteiger partial charge in [0, 0.05) is 11.2 Å². The molecule has 0 fully saturated rings. The second-order valence-corrected chi connectivity index (χ2v) is 3.47. The number of methoxy groups -OCH3 is 1. The van der Waals surface area contributed by atoms with E-state index in [1.807, 2.05) is 0 Å². The van der Waals surface area contributed by atoms with Crippen LogP contribution in [0.5, 0.6) is 5.88 Å². The molecule has 2 aromatic heterocycles. The minimum absolute atomic E-state index is 0.139. The van der Waals surface area contributed by atoms with Gasteiger partial charge in [0.25, 0.3) is 0 Å². The predicted molar refractivity (Wildman–Crippen MR) is 53.7 cm³/mol. The van der Waals surface area contributed by atoms with Crippen LogP contribution in [0.2, 0.25) is 0 Å². The first-order valence-corrected chi connectivity index (χ1v) is 4.67. The Morgan fingerprint density at radius 2 is 1.94 bits per heavy atom. The van der Waals surface area contributed by atoms with E-state index in [9.17, 15) is 13.2 Å². The summed E-state index contributed by atoms with van der Waals surface area (Å²) < 4.78 is 44.5. The van der Waals surface area contributed by atoms with Gasteiger partial charge in [-0.2, -0.15) is 13.2 Å². The summed E-state index contributed by atoms with van der Waals surface area (Å²) in [5.74, 6) is 0.394. The molecule has 0 saturated carbocycles. The van der Waals surface area contributed by atoms with Crippen LogP contribution in [0, 0.1) is 6.92 Å². The van der Waals surface area contributed by atoms with Gasteiger partial charge in [-0.15, -0.1) is 0 Å². The maximum atomic E-state index is 12.7. The first-order chi connectivity index (χ1) is 7.45. The number of aryl methyl sites for hydroxylation is 1. The Hall–Kier alpha value is -1.65. The largest absolute Gasteiger partial charge is 0.482 e. The van der Waals surface area contributed by atoms with Gasteiger partial charge in [0.1, 0.15) is 0 Å². The fourth-order valence-corrected chi connectivity index (χ4v) is 1.80. The maximum absolute atomic E-state index is 12.7. The van der Waals surface area contributed by atoms with Crippen molar-refractivity contribution < 1.29 is 17.9 Å². The quantitative estimate of drug-likeness (QED) is 0.731. The molecule has 0 atom stereocenters. The fourth-order valence-electron chi connectivity index (χ4n) is 1.80. The molecule has 0 amide bonds. The Balaban J connectivity index is 2.79. The van der Waals surface area contributed by atoms with Crippen LogP contribution in [0.15, 0.2) is 24.3 Å². The second-order valence-electron chi connectivity index (χ2n) is 3.47. The van der Waals surface area contributed by atoms with Crippen molar-refractivity contribution in [2.75, 3.05) is 7.11 Å². The van der Waals surface area contributed by atoms with E-state index in [1.54, 1.807) is 18.2 Å². The number of hydrogen-bond acceptors (Lipinski definition) is 1. The molecular weight excluding hydrogens is 219 g/mol. The Kier molecular flexibility index (Phi) is 2.33. The molecule has 0 saturated heterocycles. The van der Waals surface area contributed by atoms with E-state index < -0.39 is 11.7 Å². The summed E-state index contributed by atoms with van der Waals surface area (Å²) in [6, 6.07) is 6.02. The van der Waals surface area contributed by atoms with E-state index >= 15 is 0 Å². The monoisotopic (exact) mass is 229 g/mol. The summed E-state index contributed by atoms with van der Waals surface area (Å²) in [5.41, 5.74) is -0.0128. The first kappa shape index (κ1) is 10.9. The molecule has 0 bridgehead atoms. The Bertz CT molecular complexity index is 528. The smallest absolute Gasteiger partial charge is 0.418 e. The Morgan fingerprint density at radius 1 is 1.25 bits per heavy atom. The third-order valence-electron chi connectivity index (χ3n) is 2.52. The van der Waals surface area contributed by atoms with Gasteiger partial charge >= 0.3 is 6.18 Å². The summed E-state index contributed by atoms with van der Waals surface area (Å²) in [4.78, 5) is 0. The predicted octanol–water partition coefficient (Wildman–Crippen LogP) is 3.28. The normalized spacial score (nSPS) is 12.1. The van der Waals surface area contributed by atoms with Crippen LogP contribution < -0.4 is 4.74 Å². The molecule has 0 aliphatic rings. The van der Waals surface area contributed by atoms with Crippen molar-refractivity contribution in [2.45, 2.75) is 13.1 Å². The van der Waals surface area contributed by atoms with Crippen LogP contribution in [-0.2, 0) is 6.18 Å². The number of nitrogens with zero attached hydrogens (tertiary/aromatic N) is 1. The molecule has 0 spiro atoms. The van der Waals surface area contributed by atoms with Crippen LogP contribution in [0.4, 0.5) is 13.2 Å². The van der Waals surface area contributed by atoms with Gasteiger partial charge in [0.05, 0.1) is 12.7 Å². The summed E-state index contributed by atoms with van der Waals surface area (Å²) in [6.45, 7) is 1.43. The van der Waals surface area contributed by atoms with Crippen molar-refractivity contribution >= 4 is 5.52 Å². The summed E-state index contributed by atoms with van der Waals surface area (Å²) in [7, 11) is 1.43. The highest BCUT2D eigenvalue weighted by atomic mass is 19.4. The molecule has 16 heavy (non-hydrogen) atoms. The van der Waals surface area contributed by atoms with E-state index in [0.29, 0.717) is 11.4 Å². The number of halogens is 3. The van der Waals surface area contributed by atoms with Crippen molar-refractivity contribution in [1.82, 2.24) is 4.40 Å². The van der Waals surface area contributed by atoms with Crippen molar-refractivity contribution in [3.05, 3.63) is 35.5 Å². The zero-order valence-corrected chi connectivity index (χ0v) is 8.80. The molecular formula is C11H10F3NO. The second kappa shape index (κ2) is 3.43. The minimum Gasteiger partial charge on any atom is -0.482 e. The lowest BCUT2D eigenvalue weighted by Gasteiger charge is -2.08. The highest BCUT2D eigenvalue weighted by Gasteiger charge is 2.34. The number of rotatable bonds is 1. The summed E-state index contributed by atoms with van der Waals surface area (Å²) in [6.07, 6.45) is -4.33. The van der Waals surface area contributed by atoms with Crippen LogP contribution in [0.25, 0.3) is 5.52 Å². The van der Waals surface area contributed by atoms with E-state index in [4.69, 9.17) is 4.74 Å². The lowest BCUT2D eigenvalue weighted by molar-refractivity contribution is -0.138. The summed E-state index contributed by atoms with van der Waals surface area (Å²) in [5, 5.41) is 0. The molecule has 2 heterocycles. The van der Waals surface area contributed by atoms with Gasteiger partial charge < -0.3 is 4.74 Å². The van der Waals surface area contributed by atoms with Crippen molar-refractivity contribution in [1.29, 1.82) is 0 Å². The van der Waals surface area contributed by atoms with Crippen LogP contribution in [0.1, 0.15) is 11.3 Å².